The molecule has 3 heterocycles. The fourth-order valence-electron chi connectivity index (χ4n) is 3.28. The maximum absolute atomic E-state index is 12.4. The minimum atomic E-state index is -0.0415. The van der Waals surface area contributed by atoms with Crippen LogP contribution in [0.1, 0.15) is 5.56 Å². The molecule has 1 fully saturated rings. The Bertz CT molecular complexity index is 1070. The van der Waals surface area contributed by atoms with Gasteiger partial charge in [0.2, 0.25) is 5.91 Å². The van der Waals surface area contributed by atoms with Gasteiger partial charge in [-0.2, -0.15) is 4.98 Å². The first kappa shape index (κ1) is 22.6. The van der Waals surface area contributed by atoms with Crippen LogP contribution < -0.4 is 19.7 Å². The lowest BCUT2D eigenvalue weighted by molar-refractivity contribution is -0.118. The van der Waals surface area contributed by atoms with Crippen LogP contribution in [-0.4, -0.2) is 73.7 Å². The molecule has 32 heavy (non-hydrogen) atoms. The van der Waals surface area contributed by atoms with Crippen molar-refractivity contribution in [2.45, 2.75) is 11.4 Å². The second-order valence-electron chi connectivity index (χ2n) is 7.01. The van der Waals surface area contributed by atoms with E-state index in [-0.39, 0.29) is 11.7 Å². The highest BCUT2D eigenvalue weighted by atomic mass is 32.2. The fourth-order valence-corrected chi connectivity index (χ4v) is 5.25. The highest BCUT2D eigenvalue weighted by Crippen LogP contribution is 2.34. The van der Waals surface area contributed by atoms with Crippen molar-refractivity contribution in [2.24, 2.45) is 0 Å². The molecule has 0 radical (unpaired) electrons. The maximum Gasteiger partial charge on any atom is 0.230 e. The number of hydrogen-bond donors (Lipinski definition) is 1. The van der Waals surface area contributed by atoms with E-state index in [9.17, 15) is 4.79 Å². The Morgan fingerprint density at radius 1 is 1.22 bits per heavy atom. The molecule has 9 nitrogen and oxygen atoms in total. The summed E-state index contributed by atoms with van der Waals surface area (Å²) < 4.78 is 16.9. The first-order valence-electron chi connectivity index (χ1n) is 10.2. The molecule has 1 saturated heterocycles. The summed E-state index contributed by atoms with van der Waals surface area (Å²) >= 11 is 2.97. The van der Waals surface area contributed by atoms with Crippen LogP contribution in [0.2, 0.25) is 0 Å². The number of carbonyl (C=O) groups is 1. The van der Waals surface area contributed by atoms with Gasteiger partial charge in [-0.25, -0.2) is 9.97 Å². The number of nitrogens with one attached hydrogen (secondary N) is 1. The lowest BCUT2D eigenvalue weighted by Crippen LogP contribution is -2.36. The number of morpholine rings is 1. The summed E-state index contributed by atoms with van der Waals surface area (Å²) in [6.45, 7) is 3.57. The predicted octanol–water partition coefficient (Wildman–Crippen LogP) is 2.39. The Labute approximate surface area is 194 Å². The third-order valence-corrected chi connectivity index (χ3v) is 7.18. The van der Waals surface area contributed by atoms with Crippen LogP contribution in [0.5, 0.6) is 11.5 Å². The number of rotatable bonds is 9. The third-order valence-electron chi connectivity index (χ3n) is 4.95. The average Bonchev–Trinajstić information content (AvgIpc) is 3.28. The summed E-state index contributed by atoms with van der Waals surface area (Å²) in [4.78, 5) is 27.9. The van der Waals surface area contributed by atoms with Crippen LogP contribution in [-0.2, 0) is 16.0 Å². The van der Waals surface area contributed by atoms with E-state index in [0.29, 0.717) is 43.3 Å². The van der Waals surface area contributed by atoms with E-state index in [1.54, 1.807) is 25.6 Å². The topological polar surface area (TPSA) is 98.7 Å². The summed E-state index contributed by atoms with van der Waals surface area (Å²) in [5.74, 6) is 1.61. The number of anilines is 1. The van der Waals surface area contributed by atoms with Gasteiger partial charge in [-0.05, 0) is 24.1 Å². The van der Waals surface area contributed by atoms with E-state index >= 15 is 0 Å². The van der Waals surface area contributed by atoms with Crippen molar-refractivity contribution in [3.05, 3.63) is 30.1 Å². The zero-order chi connectivity index (χ0) is 22.3. The Morgan fingerprint density at radius 3 is 2.81 bits per heavy atom. The van der Waals surface area contributed by atoms with Crippen LogP contribution >= 0.6 is 23.1 Å². The normalized spacial score (nSPS) is 13.9. The Balaban J connectivity index is 1.30. The molecule has 1 aliphatic rings. The van der Waals surface area contributed by atoms with Crippen molar-refractivity contribution in [1.29, 1.82) is 0 Å². The number of aromatic nitrogens is 3. The highest BCUT2D eigenvalue weighted by molar-refractivity contribution is 8.00. The van der Waals surface area contributed by atoms with Gasteiger partial charge in [-0.1, -0.05) is 29.2 Å². The van der Waals surface area contributed by atoms with Gasteiger partial charge in [0.25, 0.3) is 0 Å². The molecular formula is C21H25N5O4S2. The third kappa shape index (κ3) is 5.40. The summed E-state index contributed by atoms with van der Waals surface area (Å²) in [6.07, 6.45) is 2.20. The minimum Gasteiger partial charge on any atom is -0.493 e. The molecule has 0 unspecified atom stereocenters. The van der Waals surface area contributed by atoms with Crippen molar-refractivity contribution in [2.75, 3.05) is 57.7 Å². The summed E-state index contributed by atoms with van der Waals surface area (Å²) in [5.41, 5.74) is 1.73. The molecule has 4 rings (SSSR count). The largest absolute Gasteiger partial charge is 0.493 e. The van der Waals surface area contributed by atoms with Gasteiger partial charge < -0.3 is 24.4 Å². The fraction of sp³-hybridized carbons (Fsp3) is 0.429. The zero-order valence-corrected chi connectivity index (χ0v) is 19.6. The number of ether oxygens (including phenoxy) is 3. The van der Waals surface area contributed by atoms with E-state index in [1.165, 1.54) is 18.1 Å². The Hall–Kier alpha value is -2.63. The Morgan fingerprint density at radius 2 is 2.03 bits per heavy atom. The quantitative estimate of drug-likeness (QED) is 0.369. The van der Waals surface area contributed by atoms with E-state index in [1.807, 2.05) is 18.2 Å². The molecule has 11 heteroatoms. The summed E-state index contributed by atoms with van der Waals surface area (Å²) in [7, 11) is 3.22. The van der Waals surface area contributed by atoms with Gasteiger partial charge in [0.1, 0.15) is 16.1 Å². The van der Waals surface area contributed by atoms with Gasteiger partial charge >= 0.3 is 0 Å². The zero-order valence-electron chi connectivity index (χ0n) is 18.0. The summed E-state index contributed by atoms with van der Waals surface area (Å²) in [5, 5.41) is 4.66. The number of nitrogens with zero attached hydrogens (tertiary/aromatic N) is 4. The monoisotopic (exact) mass is 475 g/mol. The second kappa shape index (κ2) is 10.8. The van der Waals surface area contributed by atoms with Crippen LogP contribution in [0.15, 0.2) is 29.6 Å². The minimum absolute atomic E-state index is 0.0415. The molecule has 0 atom stereocenters. The van der Waals surface area contributed by atoms with Crippen LogP contribution in [0.25, 0.3) is 10.3 Å². The smallest absolute Gasteiger partial charge is 0.230 e. The van der Waals surface area contributed by atoms with Crippen molar-refractivity contribution >= 4 is 44.5 Å². The standard InChI is InChI=1S/C21H25N5O4S2/c1-28-15-4-3-14(11-16(15)29-2)5-6-22-17(27)12-31-20-18-19(23-13-24-20)25-21(32-18)26-7-9-30-10-8-26/h3-4,11,13H,5-10,12H2,1-2H3,(H,22,27). The van der Waals surface area contributed by atoms with E-state index in [4.69, 9.17) is 14.2 Å². The van der Waals surface area contributed by atoms with Gasteiger partial charge in [0.15, 0.2) is 22.3 Å². The van der Waals surface area contributed by atoms with Gasteiger partial charge in [0, 0.05) is 19.6 Å². The molecule has 1 N–H and O–H groups in total. The number of thiazole rings is 1. The highest BCUT2D eigenvalue weighted by Gasteiger charge is 2.18. The molecule has 2 aromatic heterocycles. The van der Waals surface area contributed by atoms with E-state index in [2.05, 4.69) is 25.2 Å². The van der Waals surface area contributed by atoms with Gasteiger partial charge in [-0.3, -0.25) is 4.79 Å². The lowest BCUT2D eigenvalue weighted by Gasteiger charge is -2.25. The molecule has 1 aliphatic heterocycles. The number of benzene rings is 1. The number of carbonyl (C=O) groups excluding carboxylic acids is 1. The molecule has 1 amide bonds. The SMILES string of the molecule is COc1ccc(CCNC(=O)CSc2ncnc3nc(N4CCOCC4)sc23)cc1OC. The molecule has 0 saturated carbocycles. The van der Waals surface area contributed by atoms with Crippen LogP contribution in [0, 0.1) is 0 Å². The van der Waals surface area contributed by atoms with E-state index in [0.717, 1.165) is 33.5 Å². The molecule has 0 bridgehead atoms. The van der Waals surface area contributed by atoms with Crippen molar-refractivity contribution in [3.63, 3.8) is 0 Å². The number of amides is 1. The predicted molar refractivity (Wildman–Crippen MR) is 125 cm³/mol. The molecule has 170 valence electrons. The van der Waals surface area contributed by atoms with E-state index < -0.39 is 0 Å². The van der Waals surface area contributed by atoms with Crippen LogP contribution in [0.4, 0.5) is 5.13 Å². The number of hydrogen-bond acceptors (Lipinski definition) is 10. The number of methoxy groups -OCH3 is 2. The van der Waals surface area contributed by atoms with Gasteiger partial charge in [0.05, 0.1) is 33.2 Å². The molecule has 0 aliphatic carbocycles. The number of fused-ring (bicyclic) bond motifs is 1. The first-order valence-corrected chi connectivity index (χ1v) is 12.0. The van der Waals surface area contributed by atoms with Crippen molar-refractivity contribution in [1.82, 2.24) is 20.3 Å². The van der Waals surface area contributed by atoms with Gasteiger partial charge in [-0.15, -0.1) is 0 Å². The van der Waals surface area contributed by atoms with Crippen molar-refractivity contribution in [3.8, 4) is 11.5 Å². The lowest BCUT2D eigenvalue weighted by atomic mass is 10.1. The molecule has 3 aromatic rings. The number of thioether (sulfide) groups is 1. The van der Waals surface area contributed by atoms with Crippen LogP contribution in [0.3, 0.4) is 0 Å². The first-order chi connectivity index (χ1) is 15.7. The molecule has 0 spiro atoms. The Kier molecular flexibility index (Phi) is 7.61. The maximum atomic E-state index is 12.4. The average molecular weight is 476 g/mol. The second-order valence-corrected chi connectivity index (χ2v) is 8.95. The van der Waals surface area contributed by atoms with Crippen molar-refractivity contribution < 1.29 is 19.0 Å². The molecular weight excluding hydrogens is 450 g/mol. The summed E-state index contributed by atoms with van der Waals surface area (Å²) in [6, 6.07) is 5.76. The molecule has 1 aromatic carbocycles.